The summed E-state index contributed by atoms with van der Waals surface area (Å²) in [7, 11) is 0. The molecule has 0 aliphatic rings. The number of para-hydroxylation sites is 1. The molecule has 0 saturated carbocycles. The monoisotopic (exact) mass is 475 g/mol. The van der Waals surface area contributed by atoms with Crippen LogP contribution in [-0.2, 0) is 22.6 Å². The molecule has 0 unspecified atom stereocenters. The lowest BCUT2D eigenvalue weighted by atomic mass is 10.1. The van der Waals surface area contributed by atoms with Crippen LogP contribution in [0.3, 0.4) is 0 Å². The first-order valence-corrected chi connectivity index (χ1v) is 10.6. The number of carbonyl (C=O) groups is 2. The summed E-state index contributed by atoms with van der Waals surface area (Å²) in [6, 6.07) is 12.9. The van der Waals surface area contributed by atoms with E-state index in [9.17, 15) is 19.7 Å². The van der Waals surface area contributed by atoms with Crippen LogP contribution in [0.5, 0.6) is 0 Å². The van der Waals surface area contributed by atoms with E-state index in [1.807, 2.05) is 38.1 Å². The SMILES string of the molecule is CC[C@@H](C)NC(=O)[C@H](C)N(Cc1ccc(Br)cc1)C(=O)Cc1ccccc1[N+](=O)[O-]. The molecule has 0 bridgehead atoms. The number of hydrogen-bond acceptors (Lipinski definition) is 4. The molecule has 0 saturated heterocycles. The quantitative estimate of drug-likeness (QED) is 0.433. The van der Waals surface area contributed by atoms with Crippen molar-refractivity contribution in [2.45, 2.75) is 52.2 Å². The Bertz CT molecular complexity index is 902. The number of halogens is 1. The first-order valence-electron chi connectivity index (χ1n) is 9.79. The Morgan fingerprint density at radius 3 is 2.37 bits per heavy atom. The second-order valence-electron chi connectivity index (χ2n) is 7.20. The Morgan fingerprint density at radius 2 is 1.77 bits per heavy atom. The molecule has 2 aromatic carbocycles. The van der Waals surface area contributed by atoms with Gasteiger partial charge in [0.25, 0.3) is 5.69 Å². The van der Waals surface area contributed by atoms with Crippen molar-refractivity contribution in [2.75, 3.05) is 0 Å². The Morgan fingerprint density at radius 1 is 1.13 bits per heavy atom. The van der Waals surface area contributed by atoms with Crippen molar-refractivity contribution in [3.63, 3.8) is 0 Å². The molecule has 2 amide bonds. The normalized spacial score (nSPS) is 12.7. The molecule has 0 heterocycles. The third kappa shape index (κ3) is 6.38. The third-order valence-electron chi connectivity index (χ3n) is 4.96. The number of benzene rings is 2. The number of hydrogen-bond donors (Lipinski definition) is 1. The van der Waals surface area contributed by atoms with E-state index >= 15 is 0 Å². The summed E-state index contributed by atoms with van der Waals surface area (Å²) < 4.78 is 0.909. The number of carbonyl (C=O) groups excluding carboxylic acids is 2. The Hall–Kier alpha value is -2.74. The molecule has 7 nitrogen and oxygen atoms in total. The van der Waals surface area contributed by atoms with Crippen LogP contribution in [0.15, 0.2) is 53.0 Å². The molecular formula is C22H26BrN3O4. The maximum absolute atomic E-state index is 13.2. The standard InChI is InChI=1S/C22H26BrN3O4/c1-4-15(2)24-22(28)16(3)25(14-17-9-11-19(23)12-10-17)21(27)13-18-7-5-6-8-20(18)26(29)30/h5-12,15-16H,4,13-14H2,1-3H3,(H,24,28)/t15-,16+/m1/s1. The number of amides is 2. The van der Waals surface area contributed by atoms with Crippen molar-refractivity contribution in [2.24, 2.45) is 0 Å². The number of nitro benzene ring substituents is 1. The first-order chi connectivity index (χ1) is 14.2. The summed E-state index contributed by atoms with van der Waals surface area (Å²) in [4.78, 5) is 38.2. The van der Waals surface area contributed by atoms with E-state index in [4.69, 9.17) is 0 Å². The molecule has 30 heavy (non-hydrogen) atoms. The second kappa shape index (κ2) is 10.9. The fourth-order valence-electron chi connectivity index (χ4n) is 2.94. The van der Waals surface area contributed by atoms with Gasteiger partial charge >= 0.3 is 0 Å². The van der Waals surface area contributed by atoms with Crippen molar-refractivity contribution in [1.29, 1.82) is 0 Å². The lowest BCUT2D eigenvalue weighted by Crippen LogP contribution is -2.49. The largest absolute Gasteiger partial charge is 0.352 e. The van der Waals surface area contributed by atoms with Crippen LogP contribution in [0.4, 0.5) is 5.69 Å². The molecule has 0 aliphatic carbocycles. The van der Waals surface area contributed by atoms with Gasteiger partial charge < -0.3 is 10.2 Å². The molecule has 8 heteroatoms. The predicted octanol–water partition coefficient (Wildman–Crippen LogP) is 4.23. The summed E-state index contributed by atoms with van der Waals surface area (Å²) in [6.45, 7) is 5.77. The molecule has 0 radical (unpaired) electrons. The van der Waals surface area contributed by atoms with Crippen LogP contribution in [0, 0.1) is 10.1 Å². The smallest absolute Gasteiger partial charge is 0.273 e. The van der Waals surface area contributed by atoms with E-state index in [0.29, 0.717) is 5.56 Å². The zero-order chi connectivity index (χ0) is 22.3. The van der Waals surface area contributed by atoms with Gasteiger partial charge in [0.1, 0.15) is 6.04 Å². The maximum Gasteiger partial charge on any atom is 0.273 e. The summed E-state index contributed by atoms with van der Waals surface area (Å²) in [6.07, 6.45) is 0.615. The topological polar surface area (TPSA) is 92.6 Å². The summed E-state index contributed by atoms with van der Waals surface area (Å²) >= 11 is 3.39. The lowest BCUT2D eigenvalue weighted by molar-refractivity contribution is -0.385. The minimum Gasteiger partial charge on any atom is -0.352 e. The Labute approximate surface area is 184 Å². The number of nitrogens with one attached hydrogen (secondary N) is 1. The van der Waals surface area contributed by atoms with Gasteiger partial charge in [0.05, 0.1) is 11.3 Å². The highest BCUT2D eigenvalue weighted by atomic mass is 79.9. The minimum absolute atomic E-state index is 0.0141. The van der Waals surface area contributed by atoms with E-state index in [2.05, 4.69) is 21.2 Å². The molecule has 0 aliphatic heterocycles. The first kappa shape index (κ1) is 23.5. The number of rotatable bonds is 9. The molecule has 1 N–H and O–H groups in total. The molecule has 2 rings (SSSR count). The van der Waals surface area contributed by atoms with Gasteiger partial charge in [-0.3, -0.25) is 19.7 Å². The zero-order valence-electron chi connectivity index (χ0n) is 17.3. The van der Waals surface area contributed by atoms with Gasteiger partial charge in [0.2, 0.25) is 11.8 Å². The molecule has 0 spiro atoms. The highest BCUT2D eigenvalue weighted by Crippen LogP contribution is 2.21. The Kier molecular flexibility index (Phi) is 8.53. The summed E-state index contributed by atoms with van der Waals surface area (Å²) in [5, 5.41) is 14.2. The molecule has 160 valence electrons. The summed E-state index contributed by atoms with van der Waals surface area (Å²) in [5.74, 6) is -0.601. The van der Waals surface area contributed by atoms with Crippen molar-refractivity contribution < 1.29 is 14.5 Å². The van der Waals surface area contributed by atoms with Crippen LogP contribution in [0.1, 0.15) is 38.3 Å². The van der Waals surface area contributed by atoms with Crippen LogP contribution < -0.4 is 5.32 Å². The van der Waals surface area contributed by atoms with Crippen LogP contribution in [-0.4, -0.2) is 33.7 Å². The number of nitrogens with zero attached hydrogens (tertiary/aromatic N) is 2. The molecule has 0 aromatic heterocycles. The molecule has 2 aromatic rings. The lowest BCUT2D eigenvalue weighted by Gasteiger charge is -2.29. The molecule has 2 atom stereocenters. The van der Waals surface area contributed by atoms with E-state index in [1.165, 1.54) is 11.0 Å². The van der Waals surface area contributed by atoms with Crippen molar-refractivity contribution >= 4 is 33.4 Å². The summed E-state index contributed by atoms with van der Waals surface area (Å²) in [5.41, 5.74) is 1.08. The fraction of sp³-hybridized carbons (Fsp3) is 0.364. The van der Waals surface area contributed by atoms with Crippen molar-refractivity contribution in [3.05, 3.63) is 74.2 Å². The van der Waals surface area contributed by atoms with Crippen LogP contribution >= 0.6 is 15.9 Å². The van der Waals surface area contributed by atoms with Gasteiger partial charge in [-0.1, -0.05) is 53.2 Å². The van der Waals surface area contributed by atoms with Crippen LogP contribution in [0.2, 0.25) is 0 Å². The van der Waals surface area contributed by atoms with E-state index in [1.54, 1.807) is 25.1 Å². The fourth-order valence-corrected chi connectivity index (χ4v) is 3.20. The van der Waals surface area contributed by atoms with Crippen molar-refractivity contribution in [3.8, 4) is 0 Å². The molecule has 0 fully saturated rings. The average Bonchev–Trinajstić information content (AvgIpc) is 2.72. The van der Waals surface area contributed by atoms with Crippen molar-refractivity contribution in [1.82, 2.24) is 10.2 Å². The van der Waals surface area contributed by atoms with Gasteiger partial charge in [0, 0.05) is 28.7 Å². The third-order valence-corrected chi connectivity index (χ3v) is 5.49. The maximum atomic E-state index is 13.2. The Balaban J connectivity index is 2.29. The molecular weight excluding hydrogens is 450 g/mol. The highest BCUT2D eigenvalue weighted by Gasteiger charge is 2.28. The van der Waals surface area contributed by atoms with Gasteiger partial charge in [-0.2, -0.15) is 0 Å². The zero-order valence-corrected chi connectivity index (χ0v) is 18.9. The van der Waals surface area contributed by atoms with Gasteiger partial charge in [0.15, 0.2) is 0 Å². The highest BCUT2D eigenvalue weighted by molar-refractivity contribution is 9.10. The minimum atomic E-state index is -0.724. The average molecular weight is 476 g/mol. The van der Waals surface area contributed by atoms with Crippen LogP contribution in [0.25, 0.3) is 0 Å². The van der Waals surface area contributed by atoms with E-state index < -0.39 is 11.0 Å². The predicted molar refractivity (Wildman–Crippen MR) is 119 cm³/mol. The van der Waals surface area contributed by atoms with E-state index in [0.717, 1.165) is 16.5 Å². The van der Waals surface area contributed by atoms with Gasteiger partial charge in [-0.05, 0) is 38.0 Å². The number of nitro groups is 1. The second-order valence-corrected chi connectivity index (χ2v) is 8.12. The van der Waals surface area contributed by atoms with Gasteiger partial charge in [-0.15, -0.1) is 0 Å². The van der Waals surface area contributed by atoms with Gasteiger partial charge in [-0.25, -0.2) is 0 Å². The van der Waals surface area contributed by atoms with E-state index in [-0.39, 0.29) is 36.5 Å².